The van der Waals surface area contributed by atoms with Gasteiger partial charge in [-0.05, 0) is 31.0 Å². The third-order valence-electron chi connectivity index (χ3n) is 2.75. The van der Waals surface area contributed by atoms with Crippen LogP contribution in [0.15, 0.2) is 47.5 Å². The van der Waals surface area contributed by atoms with Crippen LogP contribution in [0.3, 0.4) is 0 Å². The normalized spacial score (nSPS) is 10.4. The molecule has 19 heavy (non-hydrogen) atoms. The van der Waals surface area contributed by atoms with Crippen molar-refractivity contribution in [2.75, 3.05) is 11.9 Å². The molecule has 0 saturated carbocycles. The SMILES string of the molecule is CCCNc1cccc(SCc2cccc(C)c2)n1. The number of hydrogen-bond acceptors (Lipinski definition) is 3. The average Bonchev–Trinajstić information content (AvgIpc) is 2.43. The summed E-state index contributed by atoms with van der Waals surface area (Å²) in [5, 5.41) is 4.39. The highest BCUT2D eigenvalue weighted by Gasteiger charge is 2.00. The van der Waals surface area contributed by atoms with Crippen LogP contribution in [0.4, 0.5) is 5.82 Å². The van der Waals surface area contributed by atoms with Crippen LogP contribution >= 0.6 is 11.8 Å². The van der Waals surface area contributed by atoms with Crippen LogP contribution in [0.2, 0.25) is 0 Å². The topological polar surface area (TPSA) is 24.9 Å². The van der Waals surface area contributed by atoms with Gasteiger partial charge in [-0.2, -0.15) is 0 Å². The van der Waals surface area contributed by atoms with E-state index in [-0.39, 0.29) is 0 Å². The lowest BCUT2D eigenvalue weighted by molar-refractivity contribution is 0.959. The predicted molar refractivity (Wildman–Crippen MR) is 83.8 cm³/mol. The molecule has 3 heteroatoms. The van der Waals surface area contributed by atoms with Gasteiger partial charge < -0.3 is 5.32 Å². The molecule has 0 bridgehead atoms. The summed E-state index contributed by atoms with van der Waals surface area (Å²) in [6, 6.07) is 14.8. The standard InChI is InChI=1S/C16H20N2S/c1-3-10-17-15-8-5-9-16(18-15)19-12-14-7-4-6-13(2)11-14/h4-9,11H,3,10,12H2,1-2H3,(H,17,18). The fraction of sp³-hybridized carbons (Fsp3) is 0.312. The molecule has 1 heterocycles. The molecular weight excluding hydrogens is 252 g/mol. The van der Waals surface area contributed by atoms with Gasteiger partial charge in [-0.15, -0.1) is 11.8 Å². The molecule has 0 aliphatic rings. The number of aryl methyl sites for hydroxylation is 1. The van der Waals surface area contributed by atoms with Gasteiger partial charge in [0.15, 0.2) is 0 Å². The van der Waals surface area contributed by atoms with Crippen molar-refractivity contribution in [1.82, 2.24) is 4.98 Å². The fourth-order valence-electron chi connectivity index (χ4n) is 1.81. The van der Waals surface area contributed by atoms with E-state index in [0.717, 1.165) is 29.6 Å². The molecule has 0 aliphatic carbocycles. The number of anilines is 1. The Labute approximate surface area is 119 Å². The molecule has 0 fully saturated rings. The van der Waals surface area contributed by atoms with E-state index in [9.17, 15) is 0 Å². The summed E-state index contributed by atoms with van der Waals surface area (Å²) < 4.78 is 0. The van der Waals surface area contributed by atoms with Crippen molar-refractivity contribution in [3.63, 3.8) is 0 Å². The maximum absolute atomic E-state index is 4.60. The fourth-order valence-corrected chi connectivity index (χ4v) is 2.64. The number of benzene rings is 1. The smallest absolute Gasteiger partial charge is 0.127 e. The van der Waals surface area contributed by atoms with E-state index in [1.165, 1.54) is 11.1 Å². The summed E-state index contributed by atoms with van der Waals surface area (Å²) in [7, 11) is 0. The van der Waals surface area contributed by atoms with Crippen molar-refractivity contribution < 1.29 is 0 Å². The van der Waals surface area contributed by atoms with Crippen molar-refractivity contribution in [2.45, 2.75) is 31.0 Å². The lowest BCUT2D eigenvalue weighted by Gasteiger charge is -2.06. The second-order valence-electron chi connectivity index (χ2n) is 4.57. The van der Waals surface area contributed by atoms with E-state index in [1.54, 1.807) is 11.8 Å². The largest absolute Gasteiger partial charge is 0.370 e. The van der Waals surface area contributed by atoms with Crippen LogP contribution < -0.4 is 5.32 Å². The molecule has 2 nitrogen and oxygen atoms in total. The third-order valence-corrected chi connectivity index (χ3v) is 3.75. The zero-order valence-corrected chi connectivity index (χ0v) is 12.3. The lowest BCUT2D eigenvalue weighted by Crippen LogP contribution is -2.01. The molecule has 0 amide bonds. The first-order valence-corrected chi connectivity index (χ1v) is 7.66. The van der Waals surface area contributed by atoms with Gasteiger partial charge in [0.1, 0.15) is 5.82 Å². The van der Waals surface area contributed by atoms with E-state index in [2.05, 4.69) is 60.5 Å². The summed E-state index contributed by atoms with van der Waals surface area (Å²) in [5.41, 5.74) is 2.66. The molecule has 0 atom stereocenters. The van der Waals surface area contributed by atoms with Crippen molar-refractivity contribution in [1.29, 1.82) is 0 Å². The summed E-state index contributed by atoms with van der Waals surface area (Å²) in [5.74, 6) is 1.93. The predicted octanol–water partition coefficient (Wildman–Crippen LogP) is 4.50. The minimum absolute atomic E-state index is 0.964. The van der Waals surface area contributed by atoms with Crippen LogP contribution in [-0.4, -0.2) is 11.5 Å². The van der Waals surface area contributed by atoms with Crippen LogP contribution in [0.1, 0.15) is 24.5 Å². The third kappa shape index (κ3) is 4.60. The first-order chi connectivity index (χ1) is 9.28. The van der Waals surface area contributed by atoms with Gasteiger partial charge in [-0.3, -0.25) is 0 Å². The first kappa shape index (κ1) is 13.9. The number of hydrogen-bond donors (Lipinski definition) is 1. The molecule has 1 aromatic heterocycles. The summed E-state index contributed by atoms with van der Waals surface area (Å²) in [6.07, 6.45) is 1.11. The number of pyridine rings is 1. The molecule has 2 rings (SSSR count). The van der Waals surface area contributed by atoms with Gasteiger partial charge >= 0.3 is 0 Å². The van der Waals surface area contributed by atoms with Gasteiger partial charge in [-0.1, -0.05) is 42.8 Å². The van der Waals surface area contributed by atoms with Crippen molar-refractivity contribution in [3.05, 3.63) is 53.6 Å². The van der Waals surface area contributed by atoms with Crippen LogP contribution in [-0.2, 0) is 5.75 Å². The summed E-state index contributed by atoms with van der Waals surface area (Å²) in [4.78, 5) is 4.60. The minimum Gasteiger partial charge on any atom is -0.370 e. The Morgan fingerprint density at radius 1 is 1.16 bits per heavy atom. The molecule has 0 aliphatic heterocycles. The molecule has 0 radical (unpaired) electrons. The van der Waals surface area contributed by atoms with Gasteiger partial charge in [0.2, 0.25) is 0 Å². The minimum atomic E-state index is 0.964. The summed E-state index contributed by atoms with van der Waals surface area (Å²) in [6.45, 7) is 5.25. The van der Waals surface area contributed by atoms with Crippen LogP contribution in [0.25, 0.3) is 0 Å². The van der Waals surface area contributed by atoms with E-state index in [4.69, 9.17) is 0 Å². The molecule has 1 N–H and O–H groups in total. The first-order valence-electron chi connectivity index (χ1n) is 6.67. The number of aromatic nitrogens is 1. The second kappa shape index (κ2) is 7.19. The summed E-state index contributed by atoms with van der Waals surface area (Å²) >= 11 is 1.78. The second-order valence-corrected chi connectivity index (χ2v) is 5.56. The maximum Gasteiger partial charge on any atom is 0.127 e. The molecule has 1 aromatic carbocycles. The van der Waals surface area contributed by atoms with Gasteiger partial charge in [0.05, 0.1) is 5.03 Å². The zero-order valence-electron chi connectivity index (χ0n) is 11.5. The Kier molecular flexibility index (Phi) is 5.28. The maximum atomic E-state index is 4.60. The number of rotatable bonds is 6. The molecule has 100 valence electrons. The van der Waals surface area contributed by atoms with Crippen LogP contribution in [0.5, 0.6) is 0 Å². The Morgan fingerprint density at radius 2 is 2.00 bits per heavy atom. The van der Waals surface area contributed by atoms with E-state index >= 15 is 0 Å². The van der Waals surface area contributed by atoms with Gasteiger partial charge in [0, 0.05) is 12.3 Å². The number of thioether (sulfide) groups is 1. The molecule has 0 spiro atoms. The zero-order chi connectivity index (χ0) is 13.5. The van der Waals surface area contributed by atoms with E-state index in [1.807, 2.05) is 6.07 Å². The van der Waals surface area contributed by atoms with Crippen molar-refractivity contribution >= 4 is 17.6 Å². The Hall–Kier alpha value is -1.48. The highest BCUT2D eigenvalue weighted by Crippen LogP contribution is 2.22. The number of nitrogens with zero attached hydrogens (tertiary/aromatic N) is 1. The Bertz CT molecular complexity index is 526. The van der Waals surface area contributed by atoms with Gasteiger partial charge in [-0.25, -0.2) is 4.98 Å². The molecule has 2 aromatic rings. The average molecular weight is 272 g/mol. The van der Waals surface area contributed by atoms with E-state index in [0.29, 0.717) is 0 Å². The lowest BCUT2D eigenvalue weighted by atomic mass is 10.2. The quantitative estimate of drug-likeness (QED) is 0.783. The Morgan fingerprint density at radius 3 is 2.79 bits per heavy atom. The highest BCUT2D eigenvalue weighted by molar-refractivity contribution is 7.98. The van der Waals surface area contributed by atoms with Crippen molar-refractivity contribution in [3.8, 4) is 0 Å². The van der Waals surface area contributed by atoms with Crippen LogP contribution in [0, 0.1) is 6.92 Å². The van der Waals surface area contributed by atoms with Crippen molar-refractivity contribution in [2.24, 2.45) is 0 Å². The Balaban J connectivity index is 1.95. The van der Waals surface area contributed by atoms with Gasteiger partial charge in [0.25, 0.3) is 0 Å². The van der Waals surface area contributed by atoms with E-state index < -0.39 is 0 Å². The molecule has 0 unspecified atom stereocenters. The molecular formula is C16H20N2S. The number of nitrogens with one attached hydrogen (secondary N) is 1. The monoisotopic (exact) mass is 272 g/mol. The molecule has 0 saturated heterocycles. The highest BCUT2D eigenvalue weighted by atomic mass is 32.2.